The highest BCUT2D eigenvalue weighted by Crippen LogP contribution is 2.20. The third-order valence-electron chi connectivity index (χ3n) is 3.20. The van der Waals surface area contributed by atoms with Gasteiger partial charge in [0.2, 0.25) is 12.3 Å². The van der Waals surface area contributed by atoms with Crippen molar-refractivity contribution in [2.75, 3.05) is 0 Å². The summed E-state index contributed by atoms with van der Waals surface area (Å²) >= 11 is 0. The molecule has 6 heteroatoms. The minimum Gasteiger partial charge on any atom is -0.423 e. The van der Waals surface area contributed by atoms with Crippen LogP contribution >= 0.6 is 0 Å². The summed E-state index contributed by atoms with van der Waals surface area (Å²) in [6, 6.07) is 7.03. The van der Waals surface area contributed by atoms with Gasteiger partial charge in [-0.15, -0.1) is 10.2 Å². The summed E-state index contributed by atoms with van der Waals surface area (Å²) in [5.41, 5.74) is 1.35. The summed E-state index contributed by atoms with van der Waals surface area (Å²) in [6.45, 7) is 0. The predicted molar refractivity (Wildman–Crippen MR) is 66.2 cm³/mol. The van der Waals surface area contributed by atoms with Crippen molar-refractivity contribution in [1.29, 1.82) is 0 Å². The van der Waals surface area contributed by atoms with Crippen molar-refractivity contribution in [3.05, 3.63) is 36.2 Å². The Hall–Kier alpha value is -2.21. The highest BCUT2D eigenvalue weighted by molar-refractivity contribution is 5.94. The molecule has 1 aromatic heterocycles. The number of hydrogen-bond acceptors (Lipinski definition) is 5. The summed E-state index contributed by atoms with van der Waals surface area (Å²) in [7, 11) is 0. The summed E-state index contributed by atoms with van der Waals surface area (Å²) in [4.78, 5) is 11.9. The third kappa shape index (κ3) is 2.48. The smallest absolute Gasteiger partial charge is 0.251 e. The quantitative estimate of drug-likeness (QED) is 0.858. The Morgan fingerprint density at radius 3 is 2.63 bits per heavy atom. The van der Waals surface area contributed by atoms with Crippen molar-refractivity contribution in [3.8, 4) is 11.5 Å². The molecule has 6 nitrogen and oxygen atoms in total. The second-order valence-electron chi connectivity index (χ2n) is 4.62. The molecule has 2 aromatic rings. The van der Waals surface area contributed by atoms with E-state index in [4.69, 9.17) is 9.52 Å². The minimum atomic E-state index is -0.273. The van der Waals surface area contributed by atoms with E-state index in [1.807, 2.05) is 0 Å². The summed E-state index contributed by atoms with van der Waals surface area (Å²) in [6.07, 6.45) is 2.25. The first-order valence-corrected chi connectivity index (χ1v) is 6.08. The standard InChI is InChI=1S/C13H13N3O3/c17-11-5-10(6-11)15-12(18)8-1-3-9(4-2-8)13-16-14-7-19-13/h1-4,7,10-11,17H,5-6H2,(H,15,18). The molecule has 1 aliphatic carbocycles. The molecule has 0 bridgehead atoms. The van der Waals surface area contributed by atoms with E-state index >= 15 is 0 Å². The van der Waals surface area contributed by atoms with Gasteiger partial charge in [-0.25, -0.2) is 0 Å². The van der Waals surface area contributed by atoms with Crippen LogP contribution in [0.4, 0.5) is 0 Å². The Kier molecular flexibility index (Phi) is 3.00. The van der Waals surface area contributed by atoms with Gasteiger partial charge < -0.3 is 14.8 Å². The first-order chi connectivity index (χ1) is 9.22. The number of hydrogen-bond donors (Lipinski definition) is 2. The number of aliphatic hydroxyl groups is 1. The highest BCUT2D eigenvalue weighted by Gasteiger charge is 2.28. The maximum atomic E-state index is 11.9. The van der Waals surface area contributed by atoms with Gasteiger partial charge in [-0.2, -0.15) is 0 Å². The van der Waals surface area contributed by atoms with Gasteiger partial charge in [0.1, 0.15) is 0 Å². The van der Waals surface area contributed by atoms with Crippen molar-refractivity contribution >= 4 is 5.91 Å². The molecule has 1 heterocycles. The van der Waals surface area contributed by atoms with Crippen LogP contribution in [0.25, 0.3) is 11.5 Å². The lowest BCUT2D eigenvalue weighted by molar-refractivity contribution is 0.0562. The van der Waals surface area contributed by atoms with Gasteiger partial charge in [-0.1, -0.05) is 0 Å². The van der Waals surface area contributed by atoms with Gasteiger partial charge in [0.25, 0.3) is 5.91 Å². The minimum absolute atomic E-state index is 0.0816. The zero-order valence-corrected chi connectivity index (χ0v) is 10.1. The number of carbonyl (C=O) groups excluding carboxylic acids is 1. The zero-order chi connectivity index (χ0) is 13.2. The van der Waals surface area contributed by atoms with Crippen molar-refractivity contribution in [2.45, 2.75) is 25.0 Å². The monoisotopic (exact) mass is 259 g/mol. The van der Waals surface area contributed by atoms with Crippen LogP contribution in [0.5, 0.6) is 0 Å². The number of amides is 1. The van der Waals surface area contributed by atoms with Crippen LogP contribution in [0.15, 0.2) is 35.1 Å². The third-order valence-corrected chi connectivity index (χ3v) is 3.20. The SMILES string of the molecule is O=C(NC1CC(O)C1)c1ccc(-c2nnco2)cc1. The fourth-order valence-electron chi connectivity index (χ4n) is 2.04. The molecule has 0 radical (unpaired) electrons. The lowest BCUT2D eigenvalue weighted by Crippen LogP contribution is -2.46. The summed E-state index contributed by atoms with van der Waals surface area (Å²) in [5.74, 6) is 0.294. The van der Waals surface area contributed by atoms with Crippen molar-refractivity contribution < 1.29 is 14.3 Å². The molecule has 0 saturated heterocycles. The van der Waals surface area contributed by atoms with Crippen LogP contribution in [0.2, 0.25) is 0 Å². The van der Waals surface area contributed by atoms with E-state index in [1.54, 1.807) is 24.3 Å². The molecular weight excluding hydrogens is 246 g/mol. The van der Waals surface area contributed by atoms with Gasteiger partial charge in [0, 0.05) is 17.2 Å². The van der Waals surface area contributed by atoms with Crippen LogP contribution in [0.1, 0.15) is 23.2 Å². The Balaban J connectivity index is 1.67. The fraction of sp³-hybridized carbons (Fsp3) is 0.308. The lowest BCUT2D eigenvalue weighted by atomic mass is 9.89. The number of benzene rings is 1. The predicted octanol–water partition coefficient (Wildman–Crippen LogP) is 0.990. The lowest BCUT2D eigenvalue weighted by Gasteiger charge is -2.31. The van der Waals surface area contributed by atoms with Gasteiger partial charge in [0.05, 0.1) is 6.10 Å². The molecule has 0 spiro atoms. The van der Waals surface area contributed by atoms with Crippen LogP contribution in [-0.4, -0.2) is 33.4 Å². The molecule has 0 atom stereocenters. The Labute approximate surface area is 109 Å². The molecule has 19 heavy (non-hydrogen) atoms. The Morgan fingerprint density at radius 2 is 2.05 bits per heavy atom. The van der Waals surface area contributed by atoms with E-state index in [0.717, 1.165) is 5.56 Å². The second-order valence-corrected chi connectivity index (χ2v) is 4.62. The molecule has 3 rings (SSSR count). The molecule has 1 aliphatic rings. The average Bonchev–Trinajstić information content (AvgIpc) is 2.91. The molecule has 1 amide bonds. The molecule has 0 unspecified atom stereocenters. The maximum Gasteiger partial charge on any atom is 0.251 e. The number of aliphatic hydroxyl groups excluding tert-OH is 1. The summed E-state index contributed by atoms with van der Waals surface area (Å²) in [5, 5.41) is 19.4. The van der Waals surface area contributed by atoms with Gasteiger partial charge in [0.15, 0.2) is 0 Å². The average molecular weight is 259 g/mol. The molecule has 1 saturated carbocycles. The fourth-order valence-corrected chi connectivity index (χ4v) is 2.04. The van der Waals surface area contributed by atoms with Crippen molar-refractivity contribution in [1.82, 2.24) is 15.5 Å². The first kappa shape index (κ1) is 11.9. The van der Waals surface area contributed by atoms with E-state index in [0.29, 0.717) is 24.3 Å². The maximum absolute atomic E-state index is 11.9. The van der Waals surface area contributed by atoms with E-state index < -0.39 is 0 Å². The molecule has 2 N–H and O–H groups in total. The molecule has 98 valence electrons. The van der Waals surface area contributed by atoms with Crippen LogP contribution in [0, 0.1) is 0 Å². The van der Waals surface area contributed by atoms with Gasteiger partial charge in [-0.05, 0) is 37.1 Å². The summed E-state index contributed by atoms with van der Waals surface area (Å²) < 4.78 is 5.07. The highest BCUT2D eigenvalue weighted by atomic mass is 16.4. The largest absolute Gasteiger partial charge is 0.423 e. The van der Waals surface area contributed by atoms with E-state index in [2.05, 4.69) is 15.5 Å². The molecule has 1 fully saturated rings. The molecule has 0 aliphatic heterocycles. The van der Waals surface area contributed by atoms with E-state index in [9.17, 15) is 4.79 Å². The number of aromatic nitrogens is 2. The van der Waals surface area contributed by atoms with E-state index in [-0.39, 0.29) is 18.1 Å². The Bertz CT molecular complexity index is 559. The number of rotatable bonds is 3. The van der Waals surface area contributed by atoms with Crippen LogP contribution in [0.3, 0.4) is 0 Å². The van der Waals surface area contributed by atoms with E-state index in [1.165, 1.54) is 6.39 Å². The number of nitrogens with one attached hydrogen (secondary N) is 1. The van der Waals surface area contributed by atoms with Crippen molar-refractivity contribution in [2.24, 2.45) is 0 Å². The second kappa shape index (κ2) is 4.81. The number of carbonyl (C=O) groups is 1. The normalized spacial score (nSPS) is 21.7. The van der Waals surface area contributed by atoms with Gasteiger partial charge in [-0.3, -0.25) is 4.79 Å². The zero-order valence-electron chi connectivity index (χ0n) is 10.1. The first-order valence-electron chi connectivity index (χ1n) is 6.08. The topological polar surface area (TPSA) is 88.2 Å². The number of nitrogens with zero attached hydrogens (tertiary/aromatic N) is 2. The molecular formula is C13H13N3O3. The van der Waals surface area contributed by atoms with Crippen LogP contribution < -0.4 is 5.32 Å². The Morgan fingerprint density at radius 1 is 1.32 bits per heavy atom. The van der Waals surface area contributed by atoms with Crippen LogP contribution in [-0.2, 0) is 0 Å². The van der Waals surface area contributed by atoms with Crippen molar-refractivity contribution in [3.63, 3.8) is 0 Å². The van der Waals surface area contributed by atoms with Gasteiger partial charge >= 0.3 is 0 Å². The molecule has 1 aromatic carbocycles.